The van der Waals surface area contributed by atoms with Gasteiger partial charge < -0.3 is 4.74 Å². The molecule has 0 saturated carbocycles. The summed E-state index contributed by atoms with van der Waals surface area (Å²) in [6.45, 7) is 4.82. The molecule has 6 heteroatoms. The molecular weight excluding hydrogens is 300 g/mol. The second-order valence-electron chi connectivity index (χ2n) is 4.72. The molecule has 0 amide bonds. The predicted molar refractivity (Wildman–Crippen MR) is 78.1 cm³/mol. The van der Waals surface area contributed by atoms with Gasteiger partial charge in [-0.25, -0.2) is 0 Å². The molecule has 0 fully saturated rings. The highest BCUT2D eigenvalue weighted by molar-refractivity contribution is 7.85. The van der Waals surface area contributed by atoms with E-state index in [-0.39, 0.29) is 12.4 Å². The summed E-state index contributed by atoms with van der Waals surface area (Å²) in [4.78, 5) is 24.3. The maximum absolute atomic E-state index is 12.1. The summed E-state index contributed by atoms with van der Waals surface area (Å²) in [6.07, 6.45) is 0. The summed E-state index contributed by atoms with van der Waals surface area (Å²) in [7, 11) is -1.53. The van der Waals surface area contributed by atoms with Crippen LogP contribution in [0.4, 0.5) is 0 Å². The van der Waals surface area contributed by atoms with Crippen LogP contribution in [0, 0.1) is 5.41 Å². The highest BCUT2D eigenvalue weighted by atomic mass is 35.5. The van der Waals surface area contributed by atoms with Crippen molar-refractivity contribution in [3.63, 3.8) is 0 Å². The fraction of sp³-hybridized carbons (Fsp3) is 0.429. The number of carbonyl (C=O) groups excluding carboxylic acids is 2. The Morgan fingerprint density at radius 3 is 2.55 bits per heavy atom. The number of hydrogen-bond donors (Lipinski definition) is 0. The van der Waals surface area contributed by atoms with E-state index in [1.54, 1.807) is 31.2 Å². The van der Waals surface area contributed by atoms with Crippen molar-refractivity contribution in [1.29, 1.82) is 0 Å². The molecule has 20 heavy (non-hydrogen) atoms. The van der Waals surface area contributed by atoms with E-state index < -0.39 is 28.0 Å². The summed E-state index contributed by atoms with van der Waals surface area (Å²) in [6, 6.07) is 6.50. The first-order valence-corrected chi connectivity index (χ1v) is 7.83. The maximum atomic E-state index is 12.1. The van der Waals surface area contributed by atoms with Gasteiger partial charge in [0.05, 0.1) is 23.2 Å². The van der Waals surface area contributed by atoms with Crippen LogP contribution in [0.15, 0.2) is 29.2 Å². The van der Waals surface area contributed by atoms with Gasteiger partial charge in [-0.15, -0.1) is 0 Å². The van der Waals surface area contributed by atoms with E-state index in [1.807, 2.05) is 0 Å². The molecule has 0 spiro atoms. The molecule has 0 aliphatic carbocycles. The molecule has 0 aromatic heterocycles. The molecule has 0 N–H and O–H groups in total. The van der Waals surface area contributed by atoms with Gasteiger partial charge in [-0.2, -0.15) is 0 Å². The first-order chi connectivity index (χ1) is 9.28. The van der Waals surface area contributed by atoms with Crippen LogP contribution in [0.25, 0.3) is 0 Å². The minimum atomic E-state index is -1.53. The van der Waals surface area contributed by atoms with Crippen LogP contribution in [0.5, 0.6) is 0 Å². The van der Waals surface area contributed by atoms with E-state index in [2.05, 4.69) is 0 Å². The SMILES string of the molecule is CCOC(=O)C(C)(C)C(=O)CS(=O)c1cccc(Cl)c1. The molecular formula is C14H17ClO4S. The van der Waals surface area contributed by atoms with Crippen molar-refractivity contribution in [2.45, 2.75) is 25.7 Å². The first-order valence-electron chi connectivity index (χ1n) is 6.13. The molecule has 0 heterocycles. The first kappa shape index (κ1) is 16.9. The summed E-state index contributed by atoms with van der Waals surface area (Å²) >= 11 is 5.81. The second kappa shape index (κ2) is 6.99. The van der Waals surface area contributed by atoms with E-state index in [1.165, 1.54) is 13.8 Å². The second-order valence-corrected chi connectivity index (χ2v) is 6.60. The Morgan fingerprint density at radius 1 is 1.35 bits per heavy atom. The Hall–Kier alpha value is -1.20. The van der Waals surface area contributed by atoms with Crippen LogP contribution in [0.3, 0.4) is 0 Å². The number of halogens is 1. The van der Waals surface area contributed by atoms with E-state index in [4.69, 9.17) is 16.3 Å². The number of hydrogen-bond acceptors (Lipinski definition) is 4. The average Bonchev–Trinajstić information content (AvgIpc) is 2.38. The van der Waals surface area contributed by atoms with Crippen LogP contribution >= 0.6 is 11.6 Å². The lowest BCUT2D eigenvalue weighted by Crippen LogP contribution is -2.37. The zero-order chi connectivity index (χ0) is 15.3. The molecule has 0 bridgehead atoms. The van der Waals surface area contributed by atoms with Crippen LogP contribution in [-0.4, -0.2) is 28.3 Å². The lowest BCUT2D eigenvalue weighted by atomic mass is 9.89. The lowest BCUT2D eigenvalue weighted by molar-refractivity contribution is -0.157. The largest absolute Gasteiger partial charge is 0.465 e. The third-order valence-corrected chi connectivity index (χ3v) is 4.34. The topological polar surface area (TPSA) is 60.4 Å². The van der Waals surface area contributed by atoms with Gasteiger partial charge in [0.2, 0.25) is 0 Å². The molecule has 1 aromatic carbocycles. The Balaban J connectivity index is 2.80. The van der Waals surface area contributed by atoms with Crippen LogP contribution in [0.2, 0.25) is 5.02 Å². The Morgan fingerprint density at radius 2 is 2.00 bits per heavy atom. The third kappa shape index (κ3) is 4.15. The zero-order valence-corrected chi connectivity index (χ0v) is 13.2. The quantitative estimate of drug-likeness (QED) is 0.598. The third-order valence-electron chi connectivity index (χ3n) is 2.80. The monoisotopic (exact) mass is 316 g/mol. The van der Waals surface area contributed by atoms with E-state index in [0.29, 0.717) is 9.92 Å². The van der Waals surface area contributed by atoms with Gasteiger partial charge in [-0.3, -0.25) is 13.8 Å². The van der Waals surface area contributed by atoms with Crippen molar-refractivity contribution in [3.05, 3.63) is 29.3 Å². The summed E-state index contributed by atoms with van der Waals surface area (Å²) < 4.78 is 17.0. The van der Waals surface area contributed by atoms with Crippen molar-refractivity contribution < 1.29 is 18.5 Å². The maximum Gasteiger partial charge on any atom is 0.319 e. The van der Waals surface area contributed by atoms with Crippen LogP contribution in [0.1, 0.15) is 20.8 Å². The summed E-state index contributed by atoms with van der Waals surface area (Å²) in [5.41, 5.74) is -1.30. The Kier molecular flexibility index (Phi) is 5.89. The Labute approximate surface area is 125 Å². The molecule has 1 aromatic rings. The normalized spacial score (nSPS) is 12.8. The van der Waals surface area contributed by atoms with Crippen molar-refractivity contribution in [2.75, 3.05) is 12.4 Å². The van der Waals surface area contributed by atoms with Gasteiger partial charge >= 0.3 is 5.97 Å². The minimum absolute atomic E-state index is 0.201. The molecule has 110 valence electrons. The van der Waals surface area contributed by atoms with E-state index in [9.17, 15) is 13.8 Å². The summed E-state index contributed by atoms with van der Waals surface area (Å²) in [5, 5.41) is 0.452. The van der Waals surface area contributed by atoms with Crippen molar-refractivity contribution >= 4 is 34.2 Å². The number of rotatable bonds is 6. The van der Waals surface area contributed by atoms with Crippen molar-refractivity contribution in [1.82, 2.24) is 0 Å². The van der Waals surface area contributed by atoms with Gasteiger partial charge in [0.15, 0.2) is 5.78 Å². The van der Waals surface area contributed by atoms with Crippen molar-refractivity contribution in [2.24, 2.45) is 5.41 Å². The van der Waals surface area contributed by atoms with Gasteiger partial charge in [0.1, 0.15) is 5.41 Å². The molecule has 4 nitrogen and oxygen atoms in total. The molecule has 0 aliphatic heterocycles. The average molecular weight is 317 g/mol. The van der Waals surface area contributed by atoms with Crippen molar-refractivity contribution in [3.8, 4) is 0 Å². The number of benzene rings is 1. The Bertz CT molecular complexity index is 540. The van der Waals surface area contributed by atoms with Crippen LogP contribution < -0.4 is 0 Å². The van der Waals surface area contributed by atoms with Gasteiger partial charge in [0.25, 0.3) is 0 Å². The summed E-state index contributed by atoms with van der Waals surface area (Å²) in [5.74, 6) is -1.27. The number of ether oxygens (including phenoxy) is 1. The molecule has 1 atom stereocenters. The lowest BCUT2D eigenvalue weighted by Gasteiger charge is -2.20. The van der Waals surface area contributed by atoms with Gasteiger partial charge in [0, 0.05) is 9.92 Å². The standard InChI is InChI=1S/C14H17ClO4S/c1-4-19-13(17)14(2,3)12(16)9-20(18)11-7-5-6-10(15)8-11/h5-8H,4,9H2,1-3H3. The number of esters is 1. The highest BCUT2D eigenvalue weighted by Crippen LogP contribution is 2.21. The van der Waals surface area contributed by atoms with E-state index in [0.717, 1.165) is 0 Å². The van der Waals surface area contributed by atoms with Gasteiger partial charge in [-0.1, -0.05) is 17.7 Å². The molecule has 1 unspecified atom stereocenters. The van der Waals surface area contributed by atoms with Crippen LogP contribution in [-0.2, 0) is 25.1 Å². The number of Topliss-reactive ketones (excluding diaryl/α,β-unsaturated/α-hetero) is 1. The fourth-order valence-electron chi connectivity index (χ4n) is 1.42. The zero-order valence-electron chi connectivity index (χ0n) is 11.6. The van der Waals surface area contributed by atoms with Gasteiger partial charge in [-0.05, 0) is 39.0 Å². The fourth-order valence-corrected chi connectivity index (χ4v) is 2.93. The molecule has 0 saturated heterocycles. The number of carbonyl (C=O) groups is 2. The molecule has 0 radical (unpaired) electrons. The predicted octanol–water partition coefficient (Wildman–Crippen LogP) is 2.61. The van der Waals surface area contributed by atoms with E-state index >= 15 is 0 Å². The highest BCUT2D eigenvalue weighted by Gasteiger charge is 2.37. The number of ketones is 1. The minimum Gasteiger partial charge on any atom is -0.465 e. The smallest absolute Gasteiger partial charge is 0.319 e. The molecule has 1 rings (SSSR count). The molecule has 0 aliphatic rings.